The first kappa shape index (κ1) is 20.7. The average Bonchev–Trinajstić information content (AvgIpc) is 3.11. The molecule has 4 N–H and O–H groups in total. The van der Waals surface area contributed by atoms with Crippen LogP contribution in [0.15, 0.2) is 12.5 Å². The van der Waals surface area contributed by atoms with E-state index in [0.29, 0.717) is 6.42 Å². The molecule has 1 aromatic heterocycles. The molecule has 7 nitrogen and oxygen atoms in total. The molecule has 0 aromatic carbocycles. The number of aliphatic hydroxyl groups is 1. The minimum absolute atomic E-state index is 0.118. The Morgan fingerprint density at radius 3 is 2.76 bits per heavy atom. The number of H-pyrrole nitrogens is 1. The van der Waals surface area contributed by atoms with E-state index in [1.54, 1.807) is 12.5 Å². The van der Waals surface area contributed by atoms with Crippen molar-refractivity contribution < 1.29 is 19.4 Å². The Hall–Kier alpha value is -0.612. The van der Waals surface area contributed by atoms with Gasteiger partial charge in [0.05, 0.1) is 0 Å². The summed E-state index contributed by atoms with van der Waals surface area (Å²) < 4.78 is 11.6. The third kappa shape index (κ3) is 6.90. The van der Waals surface area contributed by atoms with E-state index in [-0.39, 0.29) is 35.2 Å². The number of aromatic nitrogens is 2. The Bertz CT molecular complexity index is 552. The van der Waals surface area contributed by atoms with Gasteiger partial charge in [-0.1, -0.05) is 0 Å². The molecule has 25 heavy (non-hydrogen) atoms. The number of aliphatic hydroxyl groups excluding tert-OH is 1. The van der Waals surface area contributed by atoms with Gasteiger partial charge in [0.25, 0.3) is 0 Å². The van der Waals surface area contributed by atoms with Crippen LogP contribution in [-0.2, 0) is 15.8 Å². The number of hydrogen-bond acceptors (Lipinski definition) is 4. The van der Waals surface area contributed by atoms with Crippen LogP contribution in [0.25, 0.3) is 0 Å². The van der Waals surface area contributed by atoms with Crippen LogP contribution in [0, 0.1) is 5.92 Å². The van der Waals surface area contributed by atoms with E-state index < -0.39 is 14.1 Å². The predicted molar refractivity (Wildman–Crippen MR) is 99.8 cm³/mol. The van der Waals surface area contributed by atoms with Crippen LogP contribution in [0.3, 0.4) is 0 Å². The summed E-state index contributed by atoms with van der Waals surface area (Å²) >= 11 is 1.31. The van der Waals surface area contributed by atoms with Crippen LogP contribution in [-0.4, -0.2) is 61.0 Å². The standard InChI is InChI=1S/C16H29AsN3O4P/c17-14(6-12-8-18-10-20-12)16(22)19-9-13(21)7-15(25(23)24)11-4-2-1-3-5-11/h8,10-11,13-15,21,25H,1-7,9,17H2,(H,18,20)(H,19,22)(H,23,24)/t13-,14+,15?/m1/s1. The quantitative estimate of drug-likeness (QED) is 0.337. The van der Waals surface area contributed by atoms with Crippen molar-refractivity contribution in [2.24, 2.45) is 5.92 Å². The van der Waals surface area contributed by atoms with Gasteiger partial charge in [-0.15, -0.1) is 0 Å². The van der Waals surface area contributed by atoms with Gasteiger partial charge >= 0.3 is 158 Å². The molecule has 0 spiro atoms. The molecule has 1 amide bonds. The van der Waals surface area contributed by atoms with Gasteiger partial charge in [0.15, 0.2) is 0 Å². The van der Waals surface area contributed by atoms with E-state index in [1.807, 2.05) is 0 Å². The predicted octanol–water partition coefficient (Wildman–Crippen LogP) is 0.657. The van der Waals surface area contributed by atoms with Gasteiger partial charge in [0.2, 0.25) is 0 Å². The molecule has 142 valence electrons. The summed E-state index contributed by atoms with van der Waals surface area (Å²) in [5.41, 5.74) is 0.490. The Labute approximate surface area is 157 Å². The molecule has 1 aliphatic carbocycles. The van der Waals surface area contributed by atoms with Gasteiger partial charge in [-0.2, -0.15) is 0 Å². The molecule has 9 heteroatoms. The fourth-order valence-electron chi connectivity index (χ4n) is 3.48. The zero-order chi connectivity index (χ0) is 18.2. The topological polar surface area (TPSA) is 115 Å². The van der Waals surface area contributed by atoms with Crippen LogP contribution < -0.4 is 5.32 Å². The average molecular weight is 433 g/mol. The van der Waals surface area contributed by atoms with Crippen molar-refractivity contribution >= 4 is 30.8 Å². The molecule has 2 rings (SSSR count). The maximum atomic E-state index is 12.1. The number of hydrogen-bond donors (Lipinski definition) is 4. The van der Waals surface area contributed by atoms with E-state index >= 15 is 0 Å². The van der Waals surface area contributed by atoms with Crippen molar-refractivity contribution in [1.82, 2.24) is 15.3 Å². The SMILES string of the molecule is O=C(NC[C@H](O)CC(C1CCCCC1)[PH](=O)O)[C@@H]([AsH2])Cc1c[nH]cn1. The van der Waals surface area contributed by atoms with Gasteiger partial charge in [0, 0.05) is 0 Å². The number of nitrogens with zero attached hydrogens (tertiary/aromatic N) is 1. The Balaban J connectivity index is 1.76. The first-order valence-electron chi connectivity index (χ1n) is 8.89. The zero-order valence-electron chi connectivity index (χ0n) is 14.4. The molecule has 5 atom stereocenters. The number of nitrogens with one attached hydrogen (secondary N) is 2. The normalized spacial score (nSPS) is 20.6. The van der Waals surface area contributed by atoms with Crippen molar-refractivity contribution in [2.75, 3.05) is 6.54 Å². The summed E-state index contributed by atoms with van der Waals surface area (Å²) in [7, 11) is -2.69. The maximum absolute atomic E-state index is 12.1. The van der Waals surface area contributed by atoms with Crippen molar-refractivity contribution in [3.05, 3.63) is 18.2 Å². The molecular weight excluding hydrogens is 404 g/mol. The Morgan fingerprint density at radius 2 is 2.16 bits per heavy atom. The number of imidazole rings is 1. The zero-order valence-corrected chi connectivity index (χ0v) is 17.8. The van der Waals surface area contributed by atoms with Crippen molar-refractivity contribution in [2.45, 2.75) is 61.4 Å². The second-order valence-electron chi connectivity index (χ2n) is 6.85. The second-order valence-corrected chi connectivity index (χ2v) is 9.96. The van der Waals surface area contributed by atoms with Crippen molar-refractivity contribution in [3.8, 4) is 0 Å². The van der Waals surface area contributed by atoms with Gasteiger partial charge in [0.1, 0.15) is 0 Å². The van der Waals surface area contributed by atoms with E-state index in [4.69, 9.17) is 0 Å². The third-order valence-electron chi connectivity index (χ3n) is 4.89. The molecule has 1 saturated carbocycles. The Kier molecular flexibility index (Phi) is 8.71. The molecule has 1 fully saturated rings. The number of aromatic amines is 1. The molecule has 3 unspecified atom stereocenters. The number of carbonyl (C=O) groups is 1. The van der Waals surface area contributed by atoms with Gasteiger partial charge in [-0.3, -0.25) is 0 Å². The van der Waals surface area contributed by atoms with Gasteiger partial charge in [-0.05, 0) is 0 Å². The summed E-state index contributed by atoms with van der Waals surface area (Å²) in [4.78, 5) is 28.8. The summed E-state index contributed by atoms with van der Waals surface area (Å²) in [5.74, 6) is 0.102. The van der Waals surface area contributed by atoms with Crippen molar-refractivity contribution in [1.29, 1.82) is 0 Å². The van der Waals surface area contributed by atoms with E-state index in [1.165, 1.54) is 23.3 Å². The van der Waals surface area contributed by atoms with Crippen molar-refractivity contribution in [3.63, 3.8) is 0 Å². The summed E-state index contributed by atoms with van der Waals surface area (Å²) in [6.45, 7) is 0.123. The fourth-order valence-corrected chi connectivity index (χ4v) is 5.44. The molecule has 0 radical (unpaired) electrons. The van der Waals surface area contributed by atoms with E-state index in [0.717, 1.165) is 31.4 Å². The van der Waals surface area contributed by atoms with Crippen LogP contribution in [0.4, 0.5) is 0 Å². The van der Waals surface area contributed by atoms with E-state index in [9.17, 15) is 19.4 Å². The van der Waals surface area contributed by atoms with Crippen LogP contribution >= 0.6 is 8.03 Å². The molecule has 1 heterocycles. The minimum atomic E-state index is -2.69. The summed E-state index contributed by atoms with van der Waals surface area (Å²) in [6.07, 6.45) is 8.69. The summed E-state index contributed by atoms with van der Waals surface area (Å²) in [6, 6.07) is 0. The van der Waals surface area contributed by atoms with Crippen LogP contribution in [0.2, 0.25) is 4.71 Å². The van der Waals surface area contributed by atoms with Crippen LogP contribution in [0.1, 0.15) is 44.2 Å². The summed E-state index contributed by atoms with van der Waals surface area (Å²) in [5, 5.41) is 13.0. The van der Waals surface area contributed by atoms with E-state index in [2.05, 4.69) is 15.3 Å². The number of amides is 1. The first-order valence-corrected chi connectivity index (χ1v) is 11.7. The molecular formula is C16H29AsN3O4P. The molecule has 1 aliphatic rings. The monoisotopic (exact) mass is 433 g/mol. The molecule has 0 aliphatic heterocycles. The molecule has 1 aromatic rings. The molecule has 0 saturated heterocycles. The fraction of sp³-hybridized carbons (Fsp3) is 0.750. The van der Waals surface area contributed by atoms with Gasteiger partial charge < -0.3 is 0 Å². The Morgan fingerprint density at radius 1 is 1.44 bits per heavy atom. The molecule has 0 bridgehead atoms. The second kappa shape index (κ2) is 10.5. The third-order valence-corrected chi connectivity index (χ3v) is 7.37. The van der Waals surface area contributed by atoms with Gasteiger partial charge in [-0.25, -0.2) is 0 Å². The first-order chi connectivity index (χ1) is 12.0. The number of rotatable bonds is 9. The number of carbonyl (C=O) groups excluding carboxylic acids is 1. The van der Waals surface area contributed by atoms with Crippen LogP contribution in [0.5, 0.6) is 0 Å².